The summed E-state index contributed by atoms with van der Waals surface area (Å²) in [5, 5.41) is 0.490. The van der Waals surface area contributed by atoms with Gasteiger partial charge in [-0.25, -0.2) is 9.78 Å². The van der Waals surface area contributed by atoms with E-state index in [1.54, 1.807) is 17.2 Å². The smallest absolute Gasteiger partial charge is 0.409 e. The first-order valence-electron chi connectivity index (χ1n) is 5.99. The summed E-state index contributed by atoms with van der Waals surface area (Å²) < 4.78 is 4.98. The molecule has 0 spiro atoms. The number of hydrogen-bond donors (Lipinski definition) is 0. The molecule has 1 aliphatic heterocycles. The molecule has 1 aliphatic rings. The molecule has 98 valence electrons. The monoisotopic (exact) mass is 269 g/mol. The molecule has 0 N–H and O–H groups in total. The van der Waals surface area contributed by atoms with Crippen LogP contribution < -0.4 is 4.90 Å². The molecule has 2 rings (SSSR count). The van der Waals surface area contributed by atoms with Crippen molar-refractivity contribution >= 4 is 23.4 Å². The van der Waals surface area contributed by atoms with Gasteiger partial charge in [0.25, 0.3) is 0 Å². The van der Waals surface area contributed by atoms with Crippen molar-refractivity contribution in [3.8, 4) is 0 Å². The van der Waals surface area contributed by atoms with Crippen LogP contribution in [0, 0.1) is 0 Å². The fraction of sp³-hybridized carbons (Fsp3) is 0.500. The highest BCUT2D eigenvalue weighted by atomic mass is 35.5. The lowest BCUT2D eigenvalue weighted by molar-refractivity contribution is 0.105. The fourth-order valence-electron chi connectivity index (χ4n) is 1.92. The molecular weight excluding hydrogens is 254 g/mol. The van der Waals surface area contributed by atoms with Gasteiger partial charge in [-0.05, 0) is 19.1 Å². The van der Waals surface area contributed by atoms with Crippen molar-refractivity contribution in [3.63, 3.8) is 0 Å². The van der Waals surface area contributed by atoms with Crippen molar-refractivity contribution in [3.05, 3.63) is 23.5 Å². The molecule has 1 saturated heterocycles. The van der Waals surface area contributed by atoms with Crippen molar-refractivity contribution in [1.82, 2.24) is 9.88 Å². The Morgan fingerprint density at radius 3 is 2.67 bits per heavy atom. The summed E-state index contributed by atoms with van der Waals surface area (Å²) in [5.74, 6) is 0. The maximum Gasteiger partial charge on any atom is 0.409 e. The molecule has 0 unspecified atom stereocenters. The third-order valence-corrected chi connectivity index (χ3v) is 3.11. The Labute approximate surface area is 111 Å². The minimum atomic E-state index is -0.230. The van der Waals surface area contributed by atoms with E-state index in [4.69, 9.17) is 16.3 Å². The van der Waals surface area contributed by atoms with E-state index in [1.807, 2.05) is 13.0 Å². The van der Waals surface area contributed by atoms with Crippen LogP contribution in [0.4, 0.5) is 10.5 Å². The normalized spacial score (nSPS) is 15.7. The average molecular weight is 270 g/mol. The minimum absolute atomic E-state index is 0.230. The number of rotatable bonds is 2. The molecule has 0 saturated carbocycles. The molecule has 1 aromatic rings. The van der Waals surface area contributed by atoms with E-state index in [1.165, 1.54) is 0 Å². The van der Waals surface area contributed by atoms with Crippen LogP contribution in [-0.4, -0.2) is 48.8 Å². The molecule has 1 amide bonds. The van der Waals surface area contributed by atoms with Crippen molar-refractivity contribution in [2.24, 2.45) is 0 Å². The zero-order valence-corrected chi connectivity index (χ0v) is 11.1. The highest BCUT2D eigenvalue weighted by molar-refractivity contribution is 6.29. The summed E-state index contributed by atoms with van der Waals surface area (Å²) in [5.41, 5.74) is 1.03. The summed E-state index contributed by atoms with van der Waals surface area (Å²) in [6.07, 6.45) is 1.52. The summed E-state index contributed by atoms with van der Waals surface area (Å²) in [6, 6.07) is 3.71. The van der Waals surface area contributed by atoms with E-state index in [0.717, 1.165) is 18.8 Å². The Bertz CT molecular complexity index is 402. The van der Waals surface area contributed by atoms with Crippen LogP contribution in [0.25, 0.3) is 0 Å². The summed E-state index contributed by atoms with van der Waals surface area (Å²) in [4.78, 5) is 19.5. The van der Waals surface area contributed by atoms with Gasteiger partial charge in [-0.1, -0.05) is 11.6 Å². The van der Waals surface area contributed by atoms with E-state index in [-0.39, 0.29) is 6.09 Å². The van der Waals surface area contributed by atoms with Crippen LogP contribution in [0.3, 0.4) is 0 Å². The van der Waals surface area contributed by atoms with Crippen LogP contribution in [0.5, 0.6) is 0 Å². The van der Waals surface area contributed by atoms with Crippen molar-refractivity contribution in [2.75, 3.05) is 37.7 Å². The zero-order chi connectivity index (χ0) is 13.0. The fourth-order valence-corrected chi connectivity index (χ4v) is 2.03. The molecule has 1 aromatic heterocycles. The molecule has 0 aliphatic carbocycles. The molecule has 18 heavy (non-hydrogen) atoms. The Morgan fingerprint density at radius 1 is 1.39 bits per heavy atom. The lowest BCUT2D eigenvalue weighted by Crippen LogP contribution is -2.49. The highest BCUT2D eigenvalue weighted by Gasteiger charge is 2.21. The third-order valence-electron chi connectivity index (χ3n) is 2.88. The van der Waals surface area contributed by atoms with Crippen LogP contribution in [0.1, 0.15) is 6.92 Å². The number of anilines is 1. The summed E-state index contributed by atoms with van der Waals surface area (Å²) in [6.45, 7) is 5.13. The van der Waals surface area contributed by atoms with E-state index >= 15 is 0 Å². The second-order valence-electron chi connectivity index (χ2n) is 4.01. The van der Waals surface area contributed by atoms with Gasteiger partial charge in [0.15, 0.2) is 0 Å². The number of carbonyl (C=O) groups is 1. The highest BCUT2D eigenvalue weighted by Crippen LogP contribution is 2.17. The Kier molecular flexibility index (Phi) is 4.25. The maximum atomic E-state index is 11.5. The molecule has 0 bridgehead atoms. The van der Waals surface area contributed by atoms with Crippen LogP contribution >= 0.6 is 11.6 Å². The lowest BCUT2D eigenvalue weighted by Gasteiger charge is -2.35. The van der Waals surface area contributed by atoms with E-state index in [2.05, 4.69) is 9.88 Å². The first-order chi connectivity index (χ1) is 8.70. The zero-order valence-electron chi connectivity index (χ0n) is 10.3. The van der Waals surface area contributed by atoms with Gasteiger partial charge >= 0.3 is 6.09 Å². The second kappa shape index (κ2) is 5.91. The molecule has 0 radical (unpaired) electrons. The quantitative estimate of drug-likeness (QED) is 0.771. The van der Waals surface area contributed by atoms with Gasteiger partial charge in [-0.15, -0.1) is 0 Å². The van der Waals surface area contributed by atoms with Gasteiger partial charge < -0.3 is 14.5 Å². The van der Waals surface area contributed by atoms with Crippen molar-refractivity contribution in [2.45, 2.75) is 6.92 Å². The van der Waals surface area contributed by atoms with Gasteiger partial charge in [0, 0.05) is 26.2 Å². The van der Waals surface area contributed by atoms with E-state index in [9.17, 15) is 4.79 Å². The van der Waals surface area contributed by atoms with Gasteiger partial charge in [0.2, 0.25) is 0 Å². The van der Waals surface area contributed by atoms with Gasteiger partial charge in [-0.2, -0.15) is 0 Å². The standard InChI is InChI=1S/C12H16ClN3O2/c1-2-18-12(17)16-7-5-15(6-8-16)10-3-4-11(13)14-9-10/h3-4,9H,2,5-8H2,1H3. The number of amides is 1. The number of pyridine rings is 1. The predicted octanol–water partition coefficient (Wildman–Crippen LogP) is 2.01. The summed E-state index contributed by atoms with van der Waals surface area (Å²) >= 11 is 5.75. The number of hydrogen-bond acceptors (Lipinski definition) is 4. The van der Waals surface area contributed by atoms with Crippen LogP contribution in [0.2, 0.25) is 5.15 Å². The number of aromatic nitrogens is 1. The Hall–Kier alpha value is -1.49. The lowest BCUT2D eigenvalue weighted by atomic mass is 10.3. The predicted molar refractivity (Wildman–Crippen MR) is 70.1 cm³/mol. The molecule has 6 heteroatoms. The van der Waals surface area contributed by atoms with E-state index < -0.39 is 0 Å². The molecule has 2 heterocycles. The Morgan fingerprint density at radius 2 is 2.11 bits per heavy atom. The van der Waals surface area contributed by atoms with E-state index in [0.29, 0.717) is 24.8 Å². The first-order valence-corrected chi connectivity index (χ1v) is 6.36. The number of carbonyl (C=O) groups excluding carboxylic acids is 1. The van der Waals surface area contributed by atoms with Gasteiger partial charge in [0.1, 0.15) is 5.15 Å². The second-order valence-corrected chi connectivity index (χ2v) is 4.40. The summed E-state index contributed by atoms with van der Waals surface area (Å²) in [7, 11) is 0. The topological polar surface area (TPSA) is 45.7 Å². The van der Waals surface area contributed by atoms with Gasteiger partial charge in [-0.3, -0.25) is 0 Å². The third kappa shape index (κ3) is 3.04. The average Bonchev–Trinajstić information content (AvgIpc) is 2.40. The molecular formula is C12H16ClN3O2. The minimum Gasteiger partial charge on any atom is -0.450 e. The maximum absolute atomic E-state index is 11.5. The molecule has 5 nitrogen and oxygen atoms in total. The number of nitrogens with zero attached hydrogens (tertiary/aromatic N) is 3. The van der Waals surface area contributed by atoms with Crippen LogP contribution in [0.15, 0.2) is 18.3 Å². The number of halogens is 1. The molecule has 0 aromatic carbocycles. The van der Waals surface area contributed by atoms with Crippen molar-refractivity contribution in [1.29, 1.82) is 0 Å². The number of ether oxygens (including phenoxy) is 1. The van der Waals surface area contributed by atoms with Crippen LogP contribution in [-0.2, 0) is 4.74 Å². The molecule has 0 atom stereocenters. The number of piperazine rings is 1. The Balaban J connectivity index is 1.90. The van der Waals surface area contributed by atoms with Gasteiger partial charge in [0.05, 0.1) is 18.5 Å². The van der Waals surface area contributed by atoms with Crippen molar-refractivity contribution < 1.29 is 9.53 Å². The first kappa shape index (κ1) is 13.0. The SMILES string of the molecule is CCOC(=O)N1CCN(c2ccc(Cl)nc2)CC1. The largest absolute Gasteiger partial charge is 0.450 e. The molecule has 1 fully saturated rings.